The van der Waals surface area contributed by atoms with Gasteiger partial charge in [-0.25, -0.2) is 22.6 Å². The van der Waals surface area contributed by atoms with Crippen LogP contribution in [0, 0.1) is 5.82 Å². The zero-order valence-electron chi connectivity index (χ0n) is 10.7. The molecule has 1 heterocycles. The number of hydrogen-bond donors (Lipinski definition) is 2. The van der Waals surface area contributed by atoms with Gasteiger partial charge >= 0.3 is 5.97 Å². The third-order valence-corrected chi connectivity index (χ3v) is 3.73. The van der Waals surface area contributed by atoms with Crippen molar-refractivity contribution in [2.75, 3.05) is 4.72 Å². The second kappa shape index (κ2) is 5.88. The van der Waals surface area contributed by atoms with Crippen molar-refractivity contribution in [3.05, 3.63) is 59.5 Å². The maximum Gasteiger partial charge on any atom is 0.354 e. The van der Waals surface area contributed by atoms with Crippen LogP contribution in [0.15, 0.2) is 42.5 Å². The largest absolute Gasteiger partial charge is 0.477 e. The van der Waals surface area contributed by atoms with Gasteiger partial charge in [-0.2, -0.15) is 0 Å². The number of pyridine rings is 1. The lowest BCUT2D eigenvalue weighted by Gasteiger charge is -2.07. The molecule has 110 valence electrons. The molecule has 0 unspecified atom stereocenters. The summed E-state index contributed by atoms with van der Waals surface area (Å²) in [5.74, 6) is -2.17. The van der Waals surface area contributed by atoms with E-state index in [0.29, 0.717) is 5.56 Å². The summed E-state index contributed by atoms with van der Waals surface area (Å²) < 4.78 is 38.8. The second-order valence-corrected chi connectivity index (χ2v) is 5.92. The van der Waals surface area contributed by atoms with Gasteiger partial charge in [-0.15, -0.1) is 0 Å². The number of sulfonamides is 1. The molecule has 0 aliphatic heterocycles. The Bertz CT molecular complexity index is 760. The van der Waals surface area contributed by atoms with E-state index in [1.54, 1.807) is 0 Å². The summed E-state index contributed by atoms with van der Waals surface area (Å²) in [4.78, 5) is 14.4. The summed E-state index contributed by atoms with van der Waals surface area (Å²) in [6.45, 7) is 0. The van der Waals surface area contributed by atoms with E-state index in [0.717, 1.165) is 12.1 Å². The highest BCUT2D eigenvalue weighted by Crippen LogP contribution is 2.12. The Morgan fingerprint density at radius 2 is 1.86 bits per heavy atom. The molecule has 2 N–H and O–H groups in total. The molecule has 1 aromatic carbocycles. The SMILES string of the molecule is O=C(O)c1cccc(NS(=O)(=O)Cc2ccc(F)cc2)n1. The Kier molecular flexibility index (Phi) is 4.18. The van der Waals surface area contributed by atoms with Crippen LogP contribution in [0.25, 0.3) is 0 Å². The molecule has 21 heavy (non-hydrogen) atoms. The molecule has 0 saturated heterocycles. The van der Waals surface area contributed by atoms with Gasteiger partial charge in [-0.3, -0.25) is 4.72 Å². The zero-order chi connectivity index (χ0) is 15.5. The number of carboxylic acid groups (broad SMARTS) is 1. The van der Waals surface area contributed by atoms with Crippen LogP contribution >= 0.6 is 0 Å². The number of rotatable bonds is 5. The Hall–Kier alpha value is -2.48. The van der Waals surface area contributed by atoms with E-state index in [9.17, 15) is 17.6 Å². The van der Waals surface area contributed by atoms with Gasteiger partial charge in [0.05, 0.1) is 5.75 Å². The molecule has 0 spiro atoms. The van der Waals surface area contributed by atoms with Crippen molar-refractivity contribution in [2.24, 2.45) is 0 Å². The third kappa shape index (κ3) is 4.25. The van der Waals surface area contributed by atoms with E-state index in [4.69, 9.17) is 5.11 Å². The first kappa shape index (κ1) is 14.9. The van der Waals surface area contributed by atoms with Crippen LogP contribution in [0.3, 0.4) is 0 Å². The van der Waals surface area contributed by atoms with Gasteiger partial charge in [0.25, 0.3) is 0 Å². The highest BCUT2D eigenvalue weighted by Gasteiger charge is 2.14. The standard InChI is InChI=1S/C13H11FN2O4S/c14-10-6-4-9(5-7-10)8-21(19,20)16-12-3-1-2-11(15-12)13(17)18/h1-7H,8H2,(H,15,16)(H,17,18). The molecule has 8 heteroatoms. The van der Waals surface area contributed by atoms with Crippen molar-refractivity contribution in [3.63, 3.8) is 0 Å². The zero-order valence-corrected chi connectivity index (χ0v) is 11.5. The molecule has 2 aromatic rings. The molecular formula is C13H11FN2O4S. The smallest absolute Gasteiger partial charge is 0.354 e. The maximum atomic E-state index is 12.8. The van der Waals surface area contributed by atoms with Crippen LogP contribution in [0.4, 0.5) is 10.2 Å². The van der Waals surface area contributed by atoms with E-state index in [-0.39, 0.29) is 17.3 Å². The summed E-state index contributed by atoms with van der Waals surface area (Å²) in [6.07, 6.45) is 0. The molecule has 2 rings (SSSR count). The maximum absolute atomic E-state index is 12.8. The van der Waals surface area contributed by atoms with Crippen LogP contribution in [-0.2, 0) is 15.8 Å². The van der Waals surface area contributed by atoms with Crippen molar-refractivity contribution in [2.45, 2.75) is 5.75 Å². The van der Waals surface area contributed by atoms with Crippen LogP contribution in [-0.4, -0.2) is 24.5 Å². The number of aromatic carboxylic acids is 1. The van der Waals surface area contributed by atoms with E-state index in [2.05, 4.69) is 9.71 Å². The van der Waals surface area contributed by atoms with E-state index >= 15 is 0 Å². The molecule has 0 radical (unpaired) electrons. The van der Waals surface area contributed by atoms with Gasteiger partial charge in [-0.1, -0.05) is 18.2 Å². The van der Waals surface area contributed by atoms with Crippen molar-refractivity contribution in [3.8, 4) is 0 Å². The van der Waals surface area contributed by atoms with Gasteiger partial charge in [0, 0.05) is 0 Å². The van der Waals surface area contributed by atoms with Gasteiger partial charge in [0.2, 0.25) is 10.0 Å². The molecule has 0 saturated carbocycles. The first-order chi connectivity index (χ1) is 9.85. The number of carbonyl (C=O) groups is 1. The fourth-order valence-corrected chi connectivity index (χ4v) is 2.74. The predicted octanol–water partition coefficient (Wildman–Crippen LogP) is 1.86. The Morgan fingerprint density at radius 3 is 2.48 bits per heavy atom. The van der Waals surface area contributed by atoms with Crippen molar-refractivity contribution in [1.29, 1.82) is 0 Å². The van der Waals surface area contributed by atoms with Crippen molar-refractivity contribution < 1.29 is 22.7 Å². The average molecular weight is 310 g/mol. The lowest BCUT2D eigenvalue weighted by molar-refractivity contribution is 0.0690. The van der Waals surface area contributed by atoms with Crippen molar-refractivity contribution >= 4 is 21.8 Å². The highest BCUT2D eigenvalue weighted by atomic mass is 32.2. The first-order valence-corrected chi connectivity index (χ1v) is 7.46. The minimum atomic E-state index is -3.77. The topological polar surface area (TPSA) is 96.4 Å². The molecule has 0 bridgehead atoms. The molecule has 0 amide bonds. The van der Waals surface area contributed by atoms with Crippen LogP contribution in [0.1, 0.15) is 16.1 Å². The molecule has 0 fully saturated rings. The number of carboxylic acids is 1. The van der Waals surface area contributed by atoms with E-state index < -0.39 is 21.8 Å². The van der Waals surface area contributed by atoms with E-state index in [1.165, 1.54) is 30.3 Å². The van der Waals surface area contributed by atoms with Crippen LogP contribution < -0.4 is 4.72 Å². The number of hydrogen-bond acceptors (Lipinski definition) is 4. The lowest BCUT2D eigenvalue weighted by atomic mass is 10.2. The minimum Gasteiger partial charge on any atom is -0.477 e. The molecule has 0 aliphatic rings. The summed E-state index contributed by atoms with van der Waals surface area (Å²) in [5.41, 5.74) is 0.135. The molecule has 0 atom stereocenters. The van der Waals surface area contributed by atoms with E-state index in [1.807, 2.05) is 0 Å². The van der Waals surface area contributed by atoms with Crippen LogP contribution in [0.5, 0.6) is 0 Å². The molecule has 6 nitrogen and oxygen atoms in total. The average Bonchev–Trinajstić information content (AvgIpc) is 2.41. The number of halogens is 1. The minimum absolute atomic E-state index is 0.0861. The summed E-state index contributed by atoms with van der Waals surface area (Å²) in [6, 6.07) is 9.01. The van der Waals surface area contributed by atoms with Gasteiger partial charge in [0.15, 0.2) is 5.69 Å². The first-order valence-electron chi connectivity index (χ1n) is 5.81. The normalized spacial score (nSPS) is 11.1. The number of anilines is 1. The molecule has 0 aliphatic carbocycles. The lowest BCUT2D eigenvalue weighted by Crippen LogP contribution is -2.16. The van der Waals surface area contributed by atoms with Gasteiger partial charge in [-0.05, 0) is 29.8 Å². The Morgan fingerprint density at radius 1 is 1.19 bits per heavy atom. The summed E-state index contributed by atoms with van der Waals surface area (Å²) >= 11 is 0. The van der Waals surface area contributed by atoms with Gasteiger partial charge in [0.1, 0.15) is 11.6 Å². The predicted molar refractivity (Wildman–Crippen MR) is 73.8 cm³/mol. The van der Waals surface area contributed by atoms with Crippen molar-refractivity contribution in [1.82, 2.24) is 4.98 Å². The molecular weight excluding hydrogens is 299 g/mol. The van der Waals surface area contributed by atoms with Gasteiger partial charge < -0.3 is 5.11 Å². The third-order valence-electron chi connectivity index (χ3n) is 2.50. The monoisotopic (exact) mass is 310 g/mol. The fourth-order valence-electron chi connectivity index (χ4n) is 1.61. The number of aromatic nitrogens is 1. The quantitative estimate of drug-likeness (QED) is 0.878. The number of benzene rings is 1. The van der Waals surface area contributed by atoms with Crippen LogP contribution in [0.2, 0.25) is 0 Å². The fraction of sp³-hybridized carbons (Fsp3) is 0.0769. The number of nitrogens with one attached hydrogen (secondary N) is 1. The summed E-state index contributed by atoms with van der Waals surface area (Å²) in [5, 5.41) is 8.79. The Labute approximate surface area is 120 Å². The highest BCUT2D eigenvalue weighted by molar-refractivity contribution is 7.91. The summed E-state index contributed by atoms with van der Waals surface area (Å²) in [7, 11) is -3.77. The number of nitrogens with zero attached hydrogens (tertiary/aromatic N) is 1. The molecule has 1 aromatic heterocycles. The Balaban J connectivity index is 2.15. The second-order valence-electron chi connectivity index (χ2n) is 4.20.